The molecule has 0 radical (unpaired) electrons. The van der Waals surface area contributed by atoms with Crippen LogP contribution in [0.15, 0.2) is 36.0 Å². The fourth-order valence-electron chi connectivity index (χ4n) is 3.14. The first-order valence-electron chi connectivity index (χ1n) is 7.36. The Labute approximate surface area is 128 Å². The molecule has 0 bridgehead atoms. The molecular weight excluding hydrogens is 278 g/mol. The van der Waals surface area contributed by atoms with Crippen molar-refractivity contribution in [2.45, 2.75) is 32.2 Å². The molecule has 0 saturated carbocycles. The first kappa shape index (κ1) is 12.8. The molecule has 1 atom stereocenters. The van der Waals surface area contributed by atoms with E-state index in [1.807, 2.05) is 0 Å². The lowest BCUT2D eigenvalue weighted by Crippen LogP contribution is -2.17. The van der Waals surface area contributed by atoms with E-state index in [9.17, 15) is 0 Å². The Kier molecular flexibility index (Phi) is 3.11. The van der Waals surface area contributed by atoms with Gasteiger partial charge in [0.15, 0.2) is 0 Å². The molecule has 0 amide bonds. The highest BCUT2D eigenvalue weighted by Crippen LogP contribution is 2.35. The number of rotatable bonds is 2. The van der Waals surface area contributed by atoms with Gasteiger partial charge in [-0.3, -0.25) is 0 Å². The highest BCUT2D eigenvalue weighted by atomic mass is 32.1. The van der Waals surface area contributed by atoms with Crippen molar-refractivity contribution in [2.24, 2.45) is 0 Å². The fourth-order valence-corrected chi connectivity index (χ4v) is 4.10. The van der Waals surface area contributed by atoms with Gasteiger partial charge in [0.2, 0.25) is 0 Å². The third kappa shape index (κ3) is 2.20. The van der Waals surface area contributed by atoms with Gasteiger partial charge in [0.05, 0.1) is 16.3 Å². The molecule has 0 spiro atoms. The van der Waals surface area contributed by atoms with Crippen LogP contribution in [0.25, 0.3) is 10.2 Å². The number of fused-ring (bicyclic) bond motifs is 2. The largest absolute Gasteiger partial charge is 0.362 e. The van der Waals surface area contributed by atoms with Crippen molar-refractivity contribution in [1.29, 1.82) is 0 Å². The predicted octanol–water partition coefficient (Wildman–Crippen LogP) is 4.49. The second kappa shape index (κ2) is 5.11. The number of anilines is 1. The van der Waals surface area contributed by atoms with Gasteiger partial charge in [0.25, 0.3) is 0 Å². The summed E-state index contributed by atoms with van der Waals surface area (Å²) >= 11 is 1.72. The first-order valence-corrected chi connectivity index (χ1v) is 8.24. The summed E-state index contributed by atoms with van der Waals surface area (Å²) in [7, 11) is 0. The molecule has 1 aliphatic carbocycles. The molecule has 4 heteroatoms. The second-order valence-electron chi connectivity index (χ2n) is 5.61. The van der Waals surface area contributed by atoms with Crippen molar-refractivity contribution >= 4 is 27.4 Å². The summed E-state index contributed by atoms with van der Waals surface area (Å²) < 4.78 is 1.16. The van der Waals surface area contributed by atoms with Crippen molar-refractivity contribution in [2.75, 3.05) is 5.32 Å². The summed E-state index contributed by atoms with van der Waals surface area (Å²) in [5.74, 6) is 0.972. The van der Waals surface area contributed by atoms with Gasteiger partial charge in [-0.15, -0.1) is 11.3 Å². The molecule has 1 aliphatic rings. The van der Waals surface area contributed by atoms with Crippen molar-refractivity contribution in [3.05, 3.63) is 52.7 Å². The molecule has 3 nitrogen and oxygen atoms in total. The zero-order valence-electron chi connectivity index (χ0n) is 12.0. The quantitative estimate of drug-likeness (QED) is 0.757. The van der Waals surface area contributed by atoms with E-state index in [1.165, 1.54) is 29.5 Å². The summed E-state index contributed by atoms with van der Waals surface area (Å²) in [5.41, 5.74) is 5.18. The first-order chi connectivity index (χ1) is 10.3. The van der Waals surface area contributed by atoms with Gasteiger partial charge in [0, 0.05) is 0 Å². The van der Waals surface area contributed by atoms with Crippen LogP contribution in [0, 0.1) is 6.92 Å². The second-order valence-corrected chi connectivity index (χ2v) is 6.49. The third-order valence-electron chi connectivity index (χ3n) is 4.21. The van der Waals surface area contributed by atoms with Crippen LogP contribution in [0.4, 0.5) is 5.82 Å². The van der Waals surface area contributed by atoms with Gasteiger partial charge in [-0.1, -0.05) is 24.3 Å². The lowest BCUT2D eigenvalue weighted by molar-refractivity contribution is 0.599. The molecule has 21 heavy (non-hydrogen) atoms. The van der Waals surface area contributed by atoms with Crippen LogP contribution in [0.3, 0.4) is 0 Å². The average Bonchev–Trinajstić information content (AvgIpc) is 2.90. The molecule has 3 aromatic rings. The van der Waals surface area contributed by atoms with Crippen LogP contribution in [-0.2, 0) is 6.42 Å². The van der Waals surface area contributed by atoms with Crippen LogP contribution < -0.4 is 5.32 Å². The zero-order valence-corrected chi connectivity index (χ0v) is 12.8. The Bertz CT molecular complexity index is 794. The predicted molar refractivity (Wildman–Crippen MR) is 87.9 cm³/mol. The summed E-state index contributed by atoms with van der Waals surface area (Å²) in [6.07, 6.45) is 5.24. The number of benzene rings is 1. The summed E-state index contributed by atoms with van der Waals surface area (Å²) in [6.45, 7) is 2.10. The molecule has 2 aromatic heterocycles. The number of aryl methyl sites for hydroxylation is 2. The van der Waals surface area contributed by atoms with Gasteiger partial charge >= 0.3 is 0 Å². The minimum atomic E-state index is 0.357. The Balaban J connectivity index is 1.73. The third-order valence-corrected chi connectivity index (χ3v) is 5.31. The van der Waals surface area contributed by atoms with E-state index in [0.29, 0.717) is 6.04 Å². The maximum Gasteiger partial charge on any atom is 0.147 e. The van der Waals surface area contributed by atoms with Gasteiger partial charge in [0.1, 0.15) is 12.1 Å². The molecule has 4 rings (SSSR count). The maximum absolute atomic E-state index is 4.48. The van der Waals surface area contributed by atoms with Crippen molar-refractivity contribution in [1.82, 2.24) is 9.97 Å². The maximum atomic E-state index is 4.48. The molecule has 106 valence electrons. The Morgan fingerprint density at radius 1 is 1.24 bits per heavy atom. The standard InChI is InChI=1S/C17H17N3S/c1-11-9-21-16-15(11)18-10-19-17(16)20-14-8-4-6-12-5-2-3-7-13(12)14/h2-3,5,7,9-10,14H,4,6,8H2,1H3,(H,18,19,20). The minimum Gasteiger partial charge on any atom is -0.362 e. The number of thiophene rings is 1. The fraction of sp³-hybridized carbons (Fsp3) is 0.294. The summed E-state index contributed by atoms with van der Waals surface area (Å²) in [6, 6.07) is 9.10. The monoisotopic (exact) mass is 295 g/mol. The van der Waals surface area contributed by atoms with Crippen LogP contribution >= 0.6 is 11.3 Å². The van der Waals surface area contributed by atoms with E-state index in [2.05, 4.69) is 51.9 Å². The molecular formula is C17H17N3S. The molecule has 0 saturated heterocycles. The van der Waals surface area contributed by atoms with Gasteiger partial charge in [-0.25, -0.2) is 9.97 Å². The lowest BCUT2D eigenvalue weighted by Gasteiger charge is -2.26. The lowest BCUT2D eigenvalue weighted by atomic mass is 9.88. The Morgan fingerprint density at radius 2 is 2.14 bits per heavy atom. The van der Waals surface area contributed by atoms with E-state index >= 15 is 0 Å². The molecule has 1 N–H and O–H groups in total. The smallest absolute Gasteiger partial charge is 0.147 e. The number of nitrogens with zero attached hydrogens (tertiary/aromatic N) is 2. The van der Waals surface area contributed by atoms with Gasteiger partial charge in [-0.05, 0) is 48.3 Å². The van der Waals surface area contributed by atoms with Crippen LogP contribution in [-0.4, -0.2) is 9.97 Å². The van der Waals surface area contributed by atoms with Crippen molar-refractivity contribution in [3.8, 4) is 0 Å². The van der Waals surface area contributed by atoms with Crippen LogP contribution in [0.5, 0.6) is 0 Å². The summed E-state index contributed by atoms with van der Waals surface area (Å²) in [4.78, 5) is 8.87. The van der Waals surface area contributed by atoms with Gasteiger partial charge < -0.3 is 5.32 Å². The number of hydrogen-bond donors (Lipinski definition) is 1. The van der Waals surface area contributed by atoms with Gasteiger partial charge in [-0.2, -0.15) is 0 Å². The van der Waals surface area contributed by atoms with E-state index in [-0.39, 0.29) is 0 Å². The van der Waals surface area contributed by atoms with Crippen molar-refractivity contribution < 1.29 is 0 Å². The zero-order chi connectivity index (χ0) is 14.2. The highest BCUT2D eigenvalue weighted by Gasteiger charge is 2.21. The molecule has 1 unspecified atom stereocenters. The molecule has 2 heterocycles. The van der Waals surface area contributed by atoms with E-state index in [1.54, 1.807) is 17.7 Å². The SMILES string of the molecule is Cc1csc2c(NC3CCCc4ccccc43)ncnc12. The average molecular weight is 295 g/mol. The topological polar surface area (TPSA) is 37.8 Å². The Hall–Kier alpha value is -1.94. The van der Waals surface area contributed by atoms with E-state index in [0.717, 1.165) is 22.5 Å². The normalized spacial score (nSPS) is 17.7. The van der Waals surface area contributed by atoms with Crippen LogP contribution in [0.1, 0.15) is 35.6 Å². The molecule has 0 aliphatic heterocycles. The number of nitrogens with one attached hydrogen (secondary N) is 1. The number of hydrogen-bond acceptors (Lipinski definition) is 4. The Morgan fingerprint density at radius 3 is 3.10 bits per heavy atom. The van der Waals surface area contributed by atoms with Crippen LogP contribution in [0.2, 0.25) is 0 Å². The van der Waals surface area contributed by atoms with Crippen molar-refractivity contribution in [3.63, 3.8) is 0 Å². The summed E-state index contributed by atoms with van der Waals surface area (Å²) in [5, 5.41) is 5.80. The number of aromatic nitrogens is 2. The minimum absolute atomic E-state index is 0.357. The molecule has 1 aromatic carbocycles. The van der Waals surface area contributed by atoms with E-state index in [4.69, 9.17) is 0 Å². The highest BCUT2D eigenvalue weighted by molar-refractivity contribution is 7.18. The van der Waals surface area contributed by atoms with E-state index < -0.39 is 0 Å². The molecule has 0 fully saturated rings.